The second-order valence-corrected chi connectivity index (χ2v) is 37.4. The number of amides is 4. The molecule has 0 unspecified atom stereocenters. The maximum Gasteiger partial charge on any atom is 0.501 e. The van der Waals surface area contributed by atoms with Crippen LogP contribution in [0.1, 0.15) is 132 Å². The van der Waals surface area contributed by atoms with Gasteiger partial charge in [0.05, 0.1) is 38.9 Å². The normalized spacial score (nSPS) is 21.6. The predicted octanol–water partition coefficient (Wildman–Crippen LogP) is 12.6. The maximum absolute atomic E-state index is 14.8. The summed E-state index contributed by atoms with van der Waals surface area (Å²) in [7, 11) is -11.1. The lowest BCUT2D eigenvalue weighted by Gasteiger charge is -2.42. The maximum atomic E-state index is 14.8. The van der Waals surface area contributed by atoms with Crippen molar-refractivity contribution >= 4 is 95.1 Å². The topological polar surface area (TPSA) is 243 Å². The van der Waals surface area contributed by atoms with Crippen LogP contribution in [0.4, 0.5) is 28.9 Å². The lowest BCUT2D eigenvalue weighted by atomic mass is 9.73. The molecule has 0 bridgehead atoms. The molecule has 20 nitrogen and oxygen atoms in total. The summed E-state index contributed by atoms with van der Waals surface area (Å²) >= 11 is 9.17. The number of aliphatic hydroxyl groups excluding tert-OH is 1. The van der Waals surface area contributed by atoms with Gasteiger partial charge in [0.1, 0.15) is 22.7 Å². The number of β-amino-alcohol motifs (C(OH)–C–C–N with tert-alkyl or cyclic N) is 1. The third kappa shape index (κ3) is 19.6. The number of aliphatic hydroxyl groups is 1. The molecule has 3 aliphatic carbocycles. The first-order valence-electron chi connectivity index (χ1n) is 37.1. The molecule has 5 aromatic carbocycles. The Bertz CT molecular complexity index is 4480. The number of likely N-dealkylation sites (tertiary alicyclic amines) is 1. The number of nitrogens with one attached hydrogen (secondary N) is 4. The number of carbonyl (C=O) groups excluding carboxylic acids is 4. The van der Waals surface area contributed by atoms with Crippen LogP contribution in [0.15, 0.2) is 141 Å². The summed E-state index contributed by atoms with van der Waals surface area (Å²) < 4.78 is 123. The number of benzene rings is 5. The molecule has 4 atom stereocenters. The lowest BCUT2D eigenvalue weighted by Crippen LogP contribution is -2.59. The number of nitrogens with zero attached hydrogens (tertiary/aromatic N) is 6. The van der Waals surface area contributed by atoms with Crippen LogP contribution in [0, 0.1) is 17.8 Å². The number of aromatic nitrogens is 1. The summed E-state index contributed by atoms with van der Waals surface area (Å²) in [6.07, 6.45) is 5.62. The van der Waals surface area contributed by atoms with E-state index in [1.807, 2.05) is 72.3 Å². The molecule has 12 rings (SSSR count). The lowest BCUT2D eigenvalue weighted by molar-refractivity contribution is -0.145. The van der Waals surface area contributed by atoms with Crippen molar-refractivity contribution in [2.75, 3.05) is 88.0 Å². The number of aryl methyl sites for hydroxylation is 1. The highest BCUT2D eigenvalue weighted by Gasteiger charge is 2.54. The molecule has 0 spiro atoms. The zero-order chi connectivity index (χ0) is 77.1. The Kier molecular flexibility index (Phi) is 24.9. The molecule has 0 radical (unpaired) electrons. The van der Waals surface area contributed by atoms with E-state index in [1.54, 1.807) is 38.4 Å². The Morgan fingerprint density at radius 3 is 2.14 bits per heavy atom. The smallest absolute Gasteiger partial charge is 0.490 e. The largest absolute Gasteiger partial charge is 0.501 e. The van der Waals surface area contributed by atoms with E-state index in [-0.39, 0.29) is 55.5 Å². The van der Waals surface area contributed by atoms with Gasteiger partial charge in [-0.15, -0.1) is 23.1 Å². The van der Waals surface area contributed by atoms with Crippen molar-refractivity contribution in [1.29, 1.82) is 0 Å². The number of hydrogen-bond donors (Lipinski definition) is 5. The third-order valence-corrected chi connectivity index (χ3v) is 27.1. The minimum atomic E-state index is -6.17. The van der Waals surface area contributed by atoms with Crippen LogP contribution >= 0.6 is 34.7 Å². The number of alkyl halides is 4. The van der Waals surface area contributed by atoms with Crippen LogP contribution in [-0.4, -0.2) is 195 Å². The number of allylic oxidation sites excluding steroid dienone is 1. The first kappa shape index (κ1) is 80.4. The molecule has 4 amide bonds. The van der Waals surface area contributed by atoms with Gasteiger partial charge in [-0.1, -0.05) is 94.3 Å². The minimum absolute atomic E-state index is 0.0213. The van der Waals surface area contributed by atoms with E-state index < -0.39 is 99.8 Å². The van der Waals surface area contributed by atoms with Gasteiger partial charge in [0.25, 0.3) is 31.7 Å². The highest BCUT2D eigenvalue weighted by Crippen LogP contribution is 2.45. The van der Waals surface area contributed by atoms with Gasteiger partial charge < -0.3 is 40.5 Å². The molecule has 4 heterocycles. The average molecular weight is 1590 g/mol. The molecule has 29 heteroatoms. The molecule has 108 heavy (non-hydrogen) atoms. The first-order valence-corrected chi connectivity index (χ1v) is 42.3. The average Bonchev–Trinajstić information content (AvgIpc) is 0.915. The number of hydrogen-bond acceptors (Lipinski definition) is 18. The second-order valence-electron chi connectivity index (χ2n) is 31.4. The number of thioether (sulfide) groups is 1. The Hall–Kier alpha value is -7.15. The summed E-state index contributed by atoms with van der Waals surface area (Å²) in [4.78, 5) is 69.6. The van der Waals surface area contributed by atoms with Crippen LogP contribution in [0.2, 0.25) is 5.02 Å². The zero-order valence-electron chi connectivity index (χ0n) is 61.8. The molecular weight excluding hydrogens is 1490 g/mol. The molecule has 6 aliphatic rings. The standard InChI is InChI=1S/C79H97ClF4N10O10S4/c1-51-70(106-50-86-51)54-12-13-55(46-85-73(97)67-43-61(95)48-94(67)74(98)71(76(2,3)4)88-75(99)78(81)31-32-78)68(42-54)104-62-24-22-60(23-25-62)92-38-34-90(35-39-92)33-29-58(49-105-63-10-8-7-9-11-63)87-66-27-26-64(44-69(66)107(100,101)79(82,83)84)108(102,103)89-72(96)53-16-20-59(21-17-53)93-40-36-91(37-41-93)47-56-45-77(5,6)30-28-65(56)52-14-18-57(80)19-15-52/h7-21,26-27,42,44,50,58,60-62,67,71,87,95H,22-25,28-41,43,45-49H2,1-6H3,(H,85,97)(H,88,99)(H,89,96)/t58-,60?,61-,62?,67+,71-/m1/s1. The van der Waals surface area contributed by atoms with Crippen molar-refractivity contribution in [1.82, 2.24) is 39.9 Å². The molecule has 1 aromatic heterocycles. The fourth-order valence-corrected chi connectivity index (χ4v) is 19.2. The highest BCUT2D eigenvalue weighted by molar-refractivity contribution is 7.99. The molecule has 582 valence electrons. The fraction of sp³-hybridized carbons (Fsp3) is 0.506. The quantitative estimate of drug-likeness (QED) is 0.0250. The molecular formula is C79H97ClF4N10O10S4. The fourth-order valence-electron chi connectivity index (χ4n) is 15.3. The number of carbonyl (C=O) groups is 4. The number of anilines is 2. The number of ether oxygens (including phenoxy) is 1. The van der Waals surface area contributed by atoms with Crippen LogP contribution in [0.25, 0.3) is 16.0 Å². The van der Waals surface area contributed by atoms with Crippen LogP contribution < -0.4 is 30.3 Å². The van der Waals surface area contributed by atoms with Gasteiger partial charge in [-0.3, -0.25) is 29.0 Å². The summed E-state index contributed by atoms with van der Waals surface area (Å²) in [5.74, 6) is -2.09. The third-order valence-electron chi connectivity index (χ3n) is 21.8. The Labute approximate surface area is 644 Å². The van der Waals surface area contributed by atoms with Crippen molar-refractivity contribution in [2.24, 2.45) is 10.8 Å². The van der Waals surface area contributed by atoms with Gasteiger partial charge in [-0.25, -0.2) is 30.9 Å². The zero-order valence-corrected chi connectivity index (χ0v) is 65.8. The number of piperazine rings is 2. The van der Waals surface area contributed by atoms with Crippen LogP contribution in [0.5, 0.6) is 5.75 Å². The predicted molar refractivity (Wildman–Crippen MR) is 414 cm³/mol. The van der Waals surface area contributed by atoms with Crippen molar-refractivity contribution in [3.05, 3.63) is 154 Å². The monoisotopic (exact) mass is 1580 g/mol. The van der Waals surface area contributed by atoms with E-state index in [0.717, 1.165) is 117 Å². The number of sulfone groups is 1. The number of thiazole rings is 1. The van der Waals surface area contributed by atoms with Gasteiger partial charge in [0, 0.05) is 130 Å². The van der Waals surface area contributed by atoms with Gasteiger partial charge in [0.2, 0.25) is 11.8 Å². The Balaban J connectivity index is 0.651. The van der Waals surface area contributed by atoms with Gasteiger partial charge in [-0.05, 0) is 171 Å². The highest BCUT2D eigenvalue weighted by atomic mass is 35.5. The van der Waals surface area contributed by atoms with E-state index in [0.29, 0.717) is 67.3 Å². The summed E-state index contributed by atoms with van der Waals surface area (Å²) in [5, 5.41) is 20.2. The molecule has 5 N–H and O–H groups in total. The molecule has 3 saturated heterocycles. The molecule has 3 aliphatic heterocycles. The van der Waals surface area contributed by atoms with E-state index in [4.69, 9.17) is 16.3 Å². The van der Waals surface area contributed by atoms with Crippen molar-refractivity contribution in [3.8, 4) is 16.2 Å². The van der Waals surface area contributed by atoms with Gasteiger partial charge in [0.15, 0.2) is 5.67 Å². The van der Waals surface area contributed by atoms with Crippen molar-refractivity contribution in [3.63, 3.8) is 0 Å². The van der Waals surface area contributed by atoms with E-state index in [9.17, 15) is 58.7 Å². The van der Waals surface area contributed by atoms with E-state index in [2.05, 4.69) is 66.5 Å². The number of sulfonamides is 1. The summed E-state index contributed by atoms with van der Waals surface area (Å²) in [6.45, 7) is 18.9. The molecule has 5 fully saturated rings. The number of rotatable bonds is 26. The van der Waals surface area contributed by atoms with E-state index >= 15 is 0 Å². The summed E-state index contributed by atoms with van der Waals surface area (Å²) in [5.41, 5.74) is 0.121. The Morgan fingerprint density at radius 1 is 0.815 bits per heavy atom. The molecule has 6 aromatic rings. The second kappa shape index (κ2) is 33.4. The van der Waals surface area contributed by atoms with Crippen molar-refractivity contribution in [2.45, 2.75) is 181 Å². The van der Waals surface area contributed by atoms with Crippen LogP contribution in [-0.2, 0) is 40.8 Å². The van der Waals surface area contributed by atoms with Gasteiger partial charge >= 0.3 is 5.51 Å². The molecule has 2 saturated carbocycles. The van der Waals surface area contributed by atoms with E-state index in [1.165, 1.54) is 56.8 Å². The Morgan fingerprint density at radius 2 is 1.49 bits per heavy atom. The SMILES string of the molecule is Cc1ncsc1-c1ccc(CNC(=O)[C@@H]2C[C@@H](O)CN2C(=O)[C@@H](NC(=O)C2(F)CC2)C(C)(C)C)c(OC2CCC(N3CCN(CC[C@H](CSc4ccccc4)Nc4ccc(S(=O)(=O)NC(=O)c5ccc(N6CCN(CC7=C(c8ccc(Cl)cc8)CCC(C)(C)C7)CC6)cc5)cc4S(=O)(=O)C(F)(F)F)CC3)CC2)c1. The van der Waals surface area contributed by atoms with Crippen molar-refractivity contribution < 1.29 is 63.4 Å². The number of halogens is 5. The first-order chi connectivity index (χ1) is 51.2. The minimum Gasteiger partial charge on any atom is -0.490 e. The van der Waals surface area contributed by atoms with Crippen LogP contribution in [0.3, 0.4) is 0 Å². The summed E-state index contributed by atoms with van der Waals surface area (Å²) in [6, 6.07) is 29.5. The van der Waals surface area contributed by atoms with Gasteiger partial charge in [-0.2, -0.15) is 13.2 Å².